The molecule has 0 bridgehead atoms. The van der Waals surface area contributed by atoms with Gasteiger partial charge in [0.15, 0.2) is 0 Å². The van der Waals surface area contributed by atoms with Gasteiger partial charge in [-0.15, -0.1) is 0 Å². The van der Waals surface area contributed by atoms with Gasteiger partial charge < -0.3 is 14.6 Å². The minimum absolute atomic E-state index is 0.0295. The van der Waals surface area contributed by atoms with Crippen LogP contribution in [0.5, 0.6) is 5.75 Å². The molecule has 0 aliphatic rings. The second-order valence-corrected chi connectivity index (χ2v) is 5.78. The fourth-order valence-electron chi connectivity index (χ4n) is 2.35. The van der Waals surface area contributed by atoms with E-state index in [1.165, 1.54) is 11.1 Å². The summed E-state index contributed by atoms with van der Waals surface area (Å²) in [5, 5.41) is 7.47. The van der Waals surface area contributed by atoms with E-state index in [9.17, 15) is 0 Å². The summed E-state index contributed by atoms with van der Waals surface area (Å²) in [6.07, 6.45) is 0. The minimum atomic E-state index is -0.0295. The molecule has 0 radical (unpaired) electrons. The molecule has 5 heteroatoms. The fourth-order valence-corrected chi connectivity index (χ4v) is 2.35. The van der Waals surface area contributed by atoms with Crippen LogP contribution in [0.4, 0.5) is 0 Å². The maximum atomic E-state index is 5.40. The summed E-state index contributed by atoms with van der Waals surface area (Å²) >= 11 is 0. The molecule has 0 saturated carbocycles. The third-order valence-electron chi connectivity index (χ3n) is 3.87. The van der Waals surface area contributed by atoms with E-state index in [4.69, 9.17) is 9.26 Å². The van der Waals surface area contributed by atoms with Gasteiger partial charge in [-0.2, -0.15) is 4.98 Å². The number of aryl methyl sites for hydroxylation is 1. The predicted molar refractivity (Wildman–Crippen MR) is 92.7 cm³/mol. The second kappa shape index (κ2) is 7.27. The van der Waals surface area contributed by atoms with Crippen LogP contribution in [0.25, 0.3) is 11.4 Å². The zero-order chi connectivity index (χ0) is 16.9. The van der Waals surface area contributed by atoms with Gasteiger partial charge in [0.05, 0.1) is 13.2 Å². The maximum Gasteiger partial charge on any atom is 0.243 e. The van der Waals surface area contributed by atoms with Gasteiger partial charge in [-0.3, -0.25) is 0 Å². The lowest BCUT2D eigenvalue weighted by molar-refractivity contribution is 0.339. The summed E-state index contributed by atoms with van der Waals surface area (Å²) < 4.78 is 10.6. The topological polar surface area (TPSA) is 60.2 Å². The largest absolute Gasteiger partial charge is 0.497 e. The van der Waals surface area contributed by atoms with Gasteiger partial charge >= 0.3 is 0 Å². The van der Waals surface area contributed by atoms with Crippen molar-refractivity contribution in [3.8, 4) is 17.1 Å². The third-order valence-corrected chi connectivity index (χ3v) is 3.87. The van der Waals surface area contributed by atoms with Crippen LogP contribution in [-0.4, -0.2) is 17.3 Å². The van der Waals surface area contributed by atoms with Crippen molar-refractivity contribution in [2.75, 3.05) is 7.11 Å². The smallest absolute Gasteiger partial charge is 0.243 e. The molecule has 0 aliphatic carbocycles. The van der Waals surface area contributed by atoms with Crippen LogP contribution in [0.1, 0.15) is 30.0 Å². The molecule has 1 unspecified atom stereocenters. The molecule has 1 atom stereocenters. The number of benzene rings is 2. The van der Waals surface area contributed by atoms with Crippen LogP contribution in [0.3, 0.4) is 0 Å². The van der Waals surface area contributed by atoms with E-state index in [0.717, 1.165) is 17.9 Å². The van der Waals surface area contributed by atoms with Crippen molar-refractivity contribution in [1.29, 1.82) is 0 Å². The Balaban J connectivity index is 1.66. The first-order chi connectivity index (χ1) is 11.7. The van der Waals surface area contributed by atoms with Gasteiger partial charge in [0.25, 0.3) is 0 Å². The average Bonchev–Trinajstić information content (AvgIpc) is 3.11. The molecule has 1 heterocycles. The van der Waals surface area contributed by atoms with Gasteiger partial charge in [-0.1, -0.05) is 47.1 Å². The Morgan fingerprint density at radius 1 is 1.17 bits per heavy atom. The number of hydrogen-bond donors (Lipinski definition) is 1. The number of nitrogens with zero attached hydrogens (tertiary/aromatic N) is 2. The van der Waals surface area contributed by atoms with Crippen LogP contribution < -0.4 is 10.1 Å². The molecule has 124 valence electrons. The summed E-state index contributed by atoms with van der Waals surface area (Å²) in [4.78, 5) is 4.49. The molecule has 0 fully saturated rings. The fraction of sp³-hybridized carbons (Fsp3) is 0.263. The maximum absolute atomic E-state index is 5.40. The molecule has 0 saturated heterocycles. The molecule has 1 N–H and O–H groups in total. The van der Waals surface area contributed by atoms with E-state index in [0.29, 0.717) is 11.7 Å². The first-order valence-electron chi connectivity index (χ1n) is 7.92. The van der Waals surface area contributed by atoms with E-state index in [1.807, 2.05) is 31.2 Å². The number of ether oxygens (including phenoxy) is 1. The van der Waals surface area contributed by atoms with Crippen molar-refractivity contribution in [3.63, 3.8) is 0 Å². The molecular formula is C19H21N3O2. The van der Waals surface area contributed by atoms with Gasteiger partial charge in [-0.05, 0) is 31.5 Å². The average molecular weight is 323 g/mol. The summed E-state index contributed by atoms with van der Waals surface area (Å²) in [5.74, 6) is 1.90. The van der Waals surface area contributed by atoms with Crippen molar-refractivity contribution >= 4 is 0 Å². The van der Waals surface area contributed by atoms with E-state index in [1.54, 1.807) is 7.11 Å². The quantitative estimate of drug-likeness (QED) is 0.745. The predicted octanol–water partition coefficient (Wildman–Crippen LogP) is 3.90. The molecule has 1 aromatic heterocycles. The Kier molecular flexibility index (Phi) is 4.91. The lowest BCUT2D eigenvalue weighted by Crippen LogP contribution is -2.18. The van der Waals surface area contributed by atoms with Crippen LogP contribution in [0.15, 0.2) is 53.1 Å². The third kappa shape index (κ3) is 3.81. The van der Waals surface area contributed by atoms with Gasteiger partial charge in [0, 0.05) is 12.1 Å². The monoisotopic (exact) mass is 323 g/mol. The molecule has 0 amide bonds. The molecule has 5 nitrogen and oxygen atoms in total. The van der Waals surface area contributed by atoms with E-state index >= 15 is 0 Å². The highest BCUT2D eigenvalue weighted by Crippen LogP contribution is 2.22. The SMILES string of the molecule is COc1cccc(-c2noc(C(C)NCc3ccc(C)cc3)n2)c1. The van der Waals surface area contributed by atoms with Crippen LogP contribution in [0, 0.1) is 6.92 Å². The summed E-state index contributed by atoms with van der Waals surface area (Å²) in [6, 6.07) is 16.0. The number of methoxy groups -OCH3 is 1. The highest BCUT2D eigenvalue weighted by Gasteiger charge is 2.15. The van der Waals surface area contributed by atoms with E-state index < -0.39 is 0 Å². The van der Waals surface area contributed by atoms with E-state index in [-0.39, 0.29) is 6.04 Å². The van der Waals surface area contributed by atoms with Crippen LogP contribution >= 0.6 is 0 Å². The highest BCUT2D eigenvalue weighted by molar-refractivity contribution is 5.56. The van der Waals surface area contributed by atoms with Crippen molar-refractivity contribution in [2.24, 2.45) is 0 Å². The summed E-state index contributed by atoms with van der Waals surface area (Å²) in [5.41, 5.74) is 3.35. The number of rotatable bonds is 6. The minimum Gasteiger partial charge on any atom is -0.497 e. The van der Waals surface area contributed by atoms with Crippen LogP contribution in [0.2, 0.25) is 0 Å². The first kappa shape index (κ1) is 16.2. The van der Waals surface area contributed by atoms with Crippen molar-refractivity contribution in [2.45, 2.75) is 26.4 Å². The normalized spacial score (nSPS) is 12.1. The Labute approximate surface area is 141 Å². The molecule has 3 aromatic rings. The molecule has 2 aromatic carbocycles. The molecule has 0 spiro atoms. The van der Waals surface area contributed by atoms with Gasteiger partial charge in [0.1, 0.15) is 5.75 Å². The lowest BCUT2D eigenvalue weighted by Gasteiger charge is -2.09. The number of aromatic nitrogens is 2. The van der Waals surface area contributed by atoms with Gasteiger partial charge in [-0.25, -0.2) is 0 Å². The van der Waals surface area contributed by atoms with Gasteiger partial charge in [0.2, 0.25) is 11.7 Å². The Bertz CT molecular complexity index is 796. The van der Waals surface area contributed by atoms with Crippen molar-refractivity contribution in [3.05, 3.63) is 65.5 Å². The molecular weight excluding hydrogens is 302 g/mol. The molecule has 0 aliphatic heterocycles. The van der Waals surface area contributed by atoms with Crippen molar-refractivity contribution < 1.29 is 9.26 Å². The molecule has 3 rings (SSSR count). The number of nitrogens with one attached hydrogen (secondary N) is 1. The standard InChI is InChI=1S/C19H21N3O2/c1-13-7-9-15(10-8-13)12-20-14(2)19-21-18(22-24-19)16-5-4-6-17(11-16)23-3/h4-11,14,20H,12H2,1-3H3. The van der Waals surface area contributed by atoms with E-state index in [2.05, 4.69) is 46.6 Å². The highest BCUT2D eigenvalue weighted by atomic mass is 16.5. The summed E-state index contributed by atoms with van der Waals surface area (Å²) in [7, 11) is 1.64. The van der Waals surface area contributed by atoms with Crippen LogP contribution in [-0.2, 0) is 6.54 Å². The summed E-state index contributed by atoms with van der Waals surface area (Å²) in [6.45, 7) is 4.84. The van der Waals surface area contributed by atoms with Crippen molar-refractivity contribution in [1.82, 2.24) is 15.5 Å². The zero-order valence-electron chi connectivity index (χ0n) is 14.1. The molecule has 24 heavy (non-hydrogen) atoms. The Hall–Kier alpha value is -2.66. The zero-order valence-corrected chi connectivity index (χ0v) is 14.1. The lowest BCUT2D eigenvalue weighted by atomic mass is 10.1. The first-order valence-corrected chi connectivity index (χ1v) is 7.92. The Morgan fingerprint density at radius 3 is 2.71 bits per heavy atom. The Morgan fingerprint density at radius 2 is 1.96 bits per heavy atom. The second-order valence-electron chi connectivity index (χ2n) is 5.78. The number of hydrogen-bond acceptors (Lipinski definition) is 5.